The third kappa shape index (κ3) is 20.7. The zero-order valence-electron chi connectivity index (χ0n) is 80.0. The minimum atomic E-state index is 0.0892. The SMILES string of the molecule is COc1cc2c(OC)cc1Cc1cc(OC)c(cc1OC)Cc1cc(OC)c(cc1OC)Cc1cc(OC)c(cc1OCc1cn(Cc3ccc(N=Nc4ccc(Cn5cc(COc6cc7c(OC)cc6Cc6cc(OC)c(cc6OC)Cc6cc(OC)c(cc6OC)Cc6cc(OC)c(cc6OC)Cc6cc(OC)c(cc6OC)C7)nn5)cc4)cc3)nn1)Cc1cc(OC)c(cc1OC)C2. The van der Waals surface area contributed by atoms with Gasteiger partial charge >= 0.3 is 0 Å². The van der Waals surface area contributed by atoms with Gasteiger partial charge in [0.25, 0.3) is 0 Å². The van der Waals surface area contributed by atoms with E-state index in [9.17, 15) is 0 Å². The number of hydrogen-bond acceptors (Lipinski definition) is 26. The fourth-order valence-electron chi connectivity index (χ4n) is 18.0. The predicted molar refractivity (Wildman–Crippen MR) is 514 cm³/mol. The van der Waals surface area contributed by atoms with E-state index in [2.05, 4.69) is 30.9 Å². The molecule has 704 valence electrons. The molecule has 0 aliphatic heterocycles. The van der Waals surface area contributed by atoms with Crippen molar-refractivity contribution in [2.45, 2.75) is 90.5 Å². The van der Waals surface area contributed by atoms with Crippen molar-refractivity contribution in [3.05, 3.63) is 316 Å². The maximum atomic E-state index is 6.88. The summed E-state index contributed by atoms with van der Waals surface area (Å²) in [6.07, 6.45) is 7.93. The number of hydrogen-bond donors (Lipinski definition) is 0. The van der Waals surface area contributed by atoms with E-state index in [1.54, 1.807) is 137 Å². The lowest BCUT2D eigenvalue weighted by Gasteiger charge is -2.20. The van der Waals surface area contributed by atoms with Gasteiger partial charge in [0.1, 0.15) is 140 Å². The van der Waals surface area contributed by atoms with Crippen LogP contribution < -0.4 is 94.7 Å². The normalized spacial score (nSPS) is 12.3. The van der Waals surface area contributed by atoms with Crippen molar-refractivity contribution in [1.82, 2.24) is 30.0 Å². The van der Waals surface area contributed by atoms with Crippen LogP contribution in [0.2, 0.25) is 0 Å². The lowest BCUT2D eigenvalue weighted by molar-refractivity contribution is 0.297. The standard InChI is InChI=1S/C108H112N8O20/c1-117-89-41-69-29-73-45-99(127-11)77(49-97(73)125-9)33-81-55-107(83(53-105(81)133-17)35-79-51-101(129-13)75(47-103(79)131-15)31-71-43-93(121-5)67(39-95(71)123-7)27-65(89)37-91(69)119-3)135-61-87-59-115(113-111-87)57-63-19-23-85(24-20-63)109-110-86-25-21-64(22-26-86)58-116-60-88(112-114-116)62-136-108-56-82-34-78-50-98(126-10)74(46-100(78)128-12)30-70-42-90(118-2)66(38-92(70)120-4)28-68-40-96(124-8)72(44-94(68)122-6)32-76-48-104(132-16)80(52-102(76)130-14)36-84(108)54-106(82)134-18/h19-26,37-56,59-60H,27-36,57-58,61-62H2,1-18H3. The fourth-order valence-corrected chi connectivity index (χ4v) is 18.0. The van der Waals surface area contributed by atoms with Gasteiger partial charge in [-0.05, 0) is 157 Å². The maximum absolute atomic E-state index is 6.88. The van der Waals surface area contributed by atoms with Crippen LogP contribution in [0.5, 0.6) is 115 Å². The van der Waals surface area contributed by atoms with Crippen LogP contribution in [-0.4, -0.2) is 158 Å². The molecular weight excluding hydrogens is 1730 g/mol. The van der Waals surface area contributed by atoms with Gasteiger partial charge in [-0.1, -0.05) is 34.7 Å². The van der Waals surface area contributed by atoms with Crippen molar-refractivity contribution in [1.29, 1.82) is 0 Å². The van der Waals surface area contributed by atoms with Gasteiger partial charge in [-0.3, -0.25) is 0 Å². The topological polar surface area (TPSA) is 271 Å². The van der Waals surface area contributed by atoms with Crippen LogP contribution in [0.1, 0.15) is 134 Å². The molecular formula is C108H112N8O20. The molecule has 34 rings (SSSR count). The highest BCUT2D eigenvalue weighted by atomic mass is 16.5. The first-order valence-corrected chi connectivity index (χ1v) is 44.3. The smallest absolute Gasteiger partial charge is 0.134 e. The largest absolute Gasteiger partial charge is 0.496 e. The summed E-state index contributed by atoms with van der Waals surface area (Å²) in [5, 5.41) is 27.5. The predicted octanol–water partition coefficient (Wildman–Crippen LogP) is 19.2. The molecule has 14 aromatic rings. The Hall–Kier alpha value is -15.5. The van der Waals surface area contributed by atoms with Gasteiger partial charge in [-0.2, -0.15) is 10.2 Å². The molecule has 0 amide bonds. The Bertz CT molecular complexity index is 6300. The van der Waals surface area contributed by atoms with Gasteiger partial charge in [0.15, 0.2) is 0 Å². The Kier molecular flexibility index (Phi) is 29.4. The fraction of sp³-hybridized carbons (Fsp3) is 0.296. The summed E-state index contributed by atoms with van der Waals surface area (Å²) in [5.41, 5.74) is 21.9. The molecule has 20 bridgehead atoms. The molecule has 0 fully saturated rings. The first-order valence-electron chi connectivity index (χ1n) is 44.3. The third-order valence-corrected chi connectivity index (χ3v) is 25.0. The van der Waals surface area contributed by atoms with Gasteiger partial charge in [-0.25, -0.2) is 9.36 Å². The summed E-state index contributed by atoms with van der Waals surface area (Å²) in [7, 11) is 30.0. The van der Waals surface area contributed by atoms with E-state index in [4.69, 9.17) is 94.7 Å². The van der Waals surface area contributed by atoms with Crippen LogP contribution in [0, 0.1) is 0 Å². The minimum absolute atomic E-state index is 0.0892. The van der Waals surface area contributed by atoms with E-state index in [1.165, 1.54) is 0 Å². The van der Waals surface area contributed by atoms with Gasteiger partial charge < -0.3 is 94.7 Å². The van der Waals surface area contributed by atoms with Crippen LogP contribution in [0.4, 0.5) is 11.4 Å². The second-order valence-electron chi connectivity index (χ2n) is 33.0. The highest BCUT2D eigenvalue weighted by Gasteiger charge is 2.29. The lowest BCUT2D eigenvalue weighted by atomic mass is 9.94. The molecule has 28 heteroatoms. The number of ether oxygens (including phenoxy) is 20. The molecule has 0 spiro atoms. The third-order valence-electron chi connectivity index (χ3n) is 25.0. The van der Waals surface area contributed by atoms with E-state index in [0.29, 0.717) is 215 Å². The molecule has 0 atom stereocenters. The zero-order valence-corrected chi connectivity index (χ0v) is 80.0. The average molecular weight is 1840 g/mol. The molecule has 12 aromatic carbocycles. The van der Waals surface area contributed by atoms with Crippen molar-refractivity contribution in [3.8, 4) is 115 Å². The summed E-state index contributed by atoms with van der Waals surface area (Å²) in [6, 6.07) is 56.0. The Morgan fingerprint density at radius 1 is 0.199 bits per heavy atom. The maximum Gasteiger partial charge on any atom is 0.134 e. The number of rotatable bonds is 30. The highest BCUT2D eigenvalue weighted by molar-refractivity contribution is 5.64. The van der Waals surface area contributed by atoms with E-state index >= 15 is 0 Å². The Balaban J connectivity index is 0.612. The molecule has 0 saturated heterocycles. The summed E-state index contributed by atoms with van der Waals surface area (Å²) >= 11 is 0. The van der Waals surface area contributed by atoms with Gasteiger partial charge in [0, 0.05) is 175 Å². The van der Waals surface area contributed by atoms with Gasteiger partial charge in [0.2, 0.25) is 0 Å². The van der Waals surface area contributed by atoms with Crippen LogP contribution in [0.15, 0.2) is 192 Å². The first-order chi connectivity index (χ1) is 66.4. The van der Waals surface area contributed by atoms with E-state index < -0.39 is 0 Å². The van der Waals surface area contributed by atoms with Crippen LogP contribution in [0.25, 0.3) is 0 Å². The molecule has 0 radical (unpaired) electrons. The minimum Gasteiger partial charge on any atom is -0.496 e. The van der Waals surface area contributed by atoms with Crippen LogP contribution in [0.3, 0.4) is 0 Å². The Morgan fingerprint density at radius 2 is 0.338 bits per heavy atom. The van der Waals surface area contributed by atoms with Gasteiger partial charge in [-0.15, -0.1) is 10.2 Å². The lowest BCUT2D eigenvalue weighted by Crippen LogP contribution is -2.06. The number of benzene rings is 12. The van der Waals surface area contributed by atoms with Crippen molar-refractivity contribution < 1.29 is 94.7 Å². The Labute approximate surface area is 791 Å². The van der Waals surface area contributed by atoms with Gasteiger partial charge in [0.05, 0.1) is 165 Å². The summed E-state index contributed by atoms with van der Waals surface area (Å²) in [5.74, 6) is 13.1. The number of azo groups is 1. The second-order valence-corrected chi connectivity index (χ2v) is 33.0. The summed E-state index contributed by atoms with van der Waals surface area (Å²) in [4.78, 5) is 0. The Morgan fingerprint density at radius 3 is 0.485 bits per heavy atom. The number of methoxy groups -OCH3 is 18. The number of nitrogens with zero attached hydrogens (tertiary/aromatic N) is 8. The molecule has 2 aromatic heterocycles. The van der Waals surface area contributed by atoms with Crippen molar-refractivity contribution >= 4 is 11.4 Å². The molecule has 136 heavy (non-hydrogen) atoms. The first kappa shape index (κ1) is 93.7. The van der Waals surface area contributed by atoms with Crippen LogP contribution >= 0.6 is 0 Å². The monoisotopic (exact) mass is 1840 g/mol. The number of aromatic nitrogens is 6. The molecule has 28 nitrogen and oxygen atoms in total. The summed E-state index contributed by atoms with van der Waals surface area (Å²) in [6.45, 7) is 1.04. The van der Waals surface area contributed by atoms with Crippen LogP contribution in [-0.2, 0) is 90.5 Å². The second kappa shape index (κ2) is 42.6. The summed E-state index contributed by atoms with van der Waals surface area (Å²) < 4.78 is 128. The molecule has 20 aliphatic rings. The average Bonchev–Trinajstić information content (AvgIpc) is 1.18. The molecule has 0 N–H and O–H groups in total. The zero-order chi connectivity index (χ0) is 95.2. The molecule has 0 unspecified atom stereocenters. The van der Waals surface area contributed by atoms with E-state index in [0.717, 1.165) is 122 Å². The van der Waals surface area contributed by atoms with Crippen molar-refractivity contribution in [2.75, 3.05) is 128 Å². The molecule has 0 saturated carbocycles. The van der Waals surface area contributed by atoms with Crippen molar-refractivity contribution in [2.24, 2.45) is 10.2 Å². The molecule has 2 heterocycles. The van der Waals surface area contributed by atoms with E-state index in [1.807, 2.05) is 182 Å². The quantitative estimate of drug-likeness (QED) is 0.0378. The van der Waals surface area contributed by atoms with E-state index in [-0.39, 0.29) is 13.2 Å². The molecule has 20 aliphatic carbocycles. The van der Waals surface area contributed by atoms with Crippen molar-refractivity contribution in [3.63, 3.8) is 0 Å². The highest BCUT2D eigenvalue weighted by Crippen LogP contribution is 2.47.